The van der Waals surface area contributed by atoms with Gasteiger partial charge in [0.25, 0.3) is 0 Å². The van der Waals surface area contributed by atoms with Crippen LogP contribution in [-0.2, 0) is 9.53 Å². The summed E-state index contributed by atoms with van der Waals surface area (Å²) in [6.07, 6.45) is 1.51. The number of carbonyl (C=O) groups excluding carboxylic acids is 2. The number of rotatable bonds is 4. The van der Waals surface area contributed by atoms with E-state index in [1.165, 1.54) is 17.4 Å². The van der Waals surface area contributed by atoms with Crippen LogP contribution in [0.3, 0.4) is 0 Å². The molecule has 0 saturated carbocycles. The van der Waals surface area contributed by atoms with Gasteiger partial charge < -0.3 is 9.47 Å². The number of esters is 2. The van der Waals surface area contributed by atoms with Gasteiger partial charge in [-0.05, 0) is 54.6 Å². The van der Waals surface area contributed by atoms with E-state index >= 15 is 0 Å². The predicted octanol–water partition coefficient (Wildman–Crippen LogP) is 7.53. The number of fused-ring (bicyclic) bond motifs is 1. The molecule has 2 heterocycles. The highest BCUT2D eigenvalue weighted by Crippen LogP contribution is 2.36. The summed E-state index contributed by atoms with van der Waals surface area (Å²) in [6.45, 7) is 0. The lowest BCUT2D eigenvalue weighted by molar-refractivity contribution is -0.129. The molecule has 0 amide bonds. The maximum absolute atomic E-state index is 12.9. The van der Waals surface area contributed by atoms with Crippen molar-refractivity contribution in [2.75, 3.05) is 0 Å². The molecule has 0 N–H and O–H groups in total. The minimum atomic E-state index is -0.616. The summed E-state index contributed by atoms with van der Waals surface area (Å²) in [5, 5.41) is 1.69. The quantitative estimate of drug-likeness (QED) is 0.144. The molecule has 0 saturated heterocycles. The third kappa shape index (κ3) is 4.52. The number of halogens is 3. The first-order valence-corrected chi connectivity index (χ1v) is 12.2. The van der Waals surface area contributed by atoms with Crippen LogP contribution in [0.5, 0.6) is 5.75 Å². The zero-order chi connectivity index (χ0) is 23.8. The van der Waals surface area contributed by atoms with Gasteiger partial charge in [-0.25, -0.2) is 14.6 Å². The van der Waals surface area contributed by atoms with Crippen molar-refractivity contribution in [1.82, 2.24) is 0 Å². The van der Waals surface area contributed by atoms with Crippen molar-refractivity contribution in [3.8, 4) is 5.75 Å². The molecule has 1 aliphatic rings. The molecule has 4 aromatic rings. The van der Waals surface area contributed by atoms with Crippen molar-refractivity contribution in [3.05, 3.63) is 103 Å². The zero-order valence-corrected chi connectivity index (χ0v) is 21.0. The van der Waals surface area contributed by atoms with Gasteiger partial charge in [-0.2, -0.15) is 0 Å². The Morgan fingerprint density at radius 3 is 2.59 bits per heavy atom. The Balaban J connectivity index is 1.47. The van der Waals surface area contributed by atoms with Crippen LogP contribution in [0.4, 0.5) is 0 Å². The zero-order valence-electron chi connectivity index (χ0n) is 17.1. The summed E-state index contributed by atoms with van der Waals surface area (Å²) in [7, 11) is 0. The van der Waals surface area contributed by atoms with Crippen LogP contribution in [0.15, 0.2) is 81.9 Å². The maximum Gasteiger partial charge on any atom is 0.363 e. The molecule has 0 aliphatic carbocycles. The summed E-state index contributed by atoms with van der Waals surface area (Å²) in [5.41, 5.74) is 1.15. The first-order valence-electron chi connectivity index (χ1n) is 9.86. The highest BCUT2D eigenvalue weighted by atomic mass is 79.9. The second-order valence-corrected chi connectivity index (χ2v) is 9.94. The van der Waals surface area contributed by atoms with E-state index in [2.05, 4.69) is 20.9 Å². The molecule has 34 heavy (non-hydrogen) atoms. The van der Waals surface area contributed by atoms with E-state index in [1.54, 1.807) is 42.5 Å². The third-order valence-electron chi connectivity index (χ3n) is 4.90. The molecule has 0 spiro atoms. The fourth-order valence-corrected chi connectivity index (χ4v) is 5.18. The van der Waals surface area contributed by atoms with E-state index in [0.29, 0.717) is 26.0 Å². The summed E-state index contributed by atoms with van der Waals surface area (Å²) >= 11 is 17.0. The number of cyclic esters (lactones) is 1. The topological polar surface area (TPSA) is 65.0 Å². The first-order chi connectivity index (χ1) is 16.4. The largest absolute Gasteiger partial charge is 0.422 e. The predicted molar refractivity (Wildman–Crippen MR) is 138 cm³/mol. The summed E-state index contributed by atoms with van der Waals surface area (Å²) < 4.78 is 12.6. The van der Waals surface area contributed by atoms with E-state index in [1.807, 2.05) is 24.3 Å². The Bertz CT molecular complexity index is 1530. The Hall–Kier alpha value is -2.97. The number of thiophene rings is 1. The van der Waals surface area contributed by atoms with Gasteiger partial charge in [0.05, 0.1) is 5.02 Å². The van der Waals surface area contributed by atoms with Crippen LogP contribution in [0.1, 0.15) is 20.8 Å². The van der Waals surface area contributed by atoms with Gasteiger partial charge in [-0.15, -0.1) is 11.3 Å². The molecule has 1 aromatic heterocycles. The van der Waals surface area contributed by atoms with Crippen molar-refractivity contribution in [1.29, 1.82) is 0 Å². The van der Waals surface area contributed by atoms with Crippen molar-refractivity contribution < 1.29 is 19.1 Å². The molecule has 1 aliphatic heterocycles. The Morgan fingerprint density at radius 1 is 1.06 bits per heavy atom. The van der Waals surface area contributed by atoms with Gasteiger partial charge in [0, 0.05) is 30.7 Å². The number of benzene rings is 3. The second kappa shape index (κ2) is 9.35. The van der Waals surface area contributed by atoms with Gasteiger partial charge in [-0.3, -0.25) is 0 Å². The molecular formula is C25H12BrCl2NO4S. The van der Waals surface area contributed by atoms with Crippen LogP contribution in [0.2, 0.25) is 10.0 Å². The molecule has 0 fully saturated rings. The van der Waals surface area contributed by atoms with E-state index < -0.39 is 11.9 Å². The van der Waals surface area contributed by atoms with Crippen LogP contribution >= 0.6 is 50.5 Å². The lowest BCUT2D eigenvalue weighted by Gasteiger charge is -2.08. The van der Waals surface area contributed by atoms with Gasteiger partial charge in [0.2, 0.25) is 5.90 Å². The SMILES string of the molecule is O=C1OC(c2ccc(Cl)cc2)=N/C1=C/c1cc(Br)ccc1OC(=O)c1sc2ccccc2c1Cl. The van der Waals surface area contributed by atoms with E-state index in [9.17, 15) is 9.59 Å². The number of ether oxygens (including phenoxy) is 2. The van der Waals surface area contributed by atoms with Crippen LogP contribution < -0.4 is 4.74 Å². The minimum absolute atomic E-state index is 0.0697. The smallest absolute Gasteiger partial charge is 0.363 e. The van der Waals surface area contributed by atoms with Crippen LogP contribution in [-0.4, -0.2) is 17.8 Å². The van der Waals surface area contributed by atoms with Crippen LogP contribution in [0.25, 0.3) is 16.2 Å². The van der Waals surface area contributed by atoms with E-state index in [-0.39, 0.29) is 17.3 Å². The highest BCUT2D eigenvalue weighted by molar-refractivity contribution is 9.10. The van der Waals surface area contributed by atoms with Gasteiger partial charge in [0.1, 0.15) is 10.6 Å². The number of hydrogen-bond acceptors (Lipinski definition) is 6. The standard InChI is InChI=1S/C25H12BrCl2NO4S/c26-15-7-10-19(32-25(31)22-21(28)17-3-1-2-4-20(17)34-22)14(11-15)12-18-24(30)33-23(29-18)13-5-8-16(27)9-6-13/h1-12H/b18-12+. The highest BCUT2D eigenvalue weighted by Gasteiger charge is 2.25. The molecule has 5 rings (SSSR count). The number of aliphatic imine (C=N–C) groups is 1. The van der Waals surface area contributed by atoms with Gasteiger partial charge in [0.15, 0.2) is 5.70 Å². The first kappa shape index (κ1) is 22.8. The number of carbonyl (C=O) groups is 2. The number of hydrogen-bond donors (Lipinski definition) is 0. The van der Waals surface area contributed by atoms with Crippen molar-refractivity contribution in [3.63, 3.8) is 0 Å². The normalized spacial score (nSPS) is 14.4. The van der Waals surface area contributed by atoms with Crippen molar-refractivity contribution in [2.24, 2.45) is 4.99 Å². The van der Waals surface area contributed by atoms with Gasteiger partial charge >= 0.3 is 11.9 Å². The summed E-state index contributed by atoms with van der Waals surface area (Å²) in [6, 6.07) is 19.3. The number of nitrogens with zero attached hydrogens (tertiary/aromatic N) is 1. The Morgan fingerprint density at radius 2 is 1.82 bits per heavy atom. The lowest BCUT2D eigenvalue weighted by Crippen LogP contribution is -2.08. The average Bonchev–Trinajstić information content (AvgIpc) is 3.36. The summed E-state index contributed by atoms with van der Waals surface area (Å²) in [4.78, 5) is 30.0. The molecule has 168 valence electrons. The molecule has 3 aromatic carbocycles. The van der Waals surface area contributed by atoms with E-state index in [4.69, 9.17) is 32.7 Å². The Labute approximate surface area is 216 Å². The monoisotopic (exact) mass is 571 g/mol. The molecule has 0 unspecified atom stereocenters. The molecule has 0 radical (unpaired) electrons. The molecule has 5 nitrogen and oxygen atoms in total. The Kier molecular flexibility index (Phi) is 6.27. The van der Waals surface area contributed by atoms with Crippen molar-refractivity contribution in [2.45, 2.75) is 0 Å². The van der Waals surface area contributed by atoms with E-state index in [0.717, 1.165) is 14.6 Å². The minimum Gasteiger partial charge on any atom is -0.422 e. The third-order valence-corrected chi connectivity index (χ3v) is 7.30. The maximum atomic E-state index is 12.9. The second-order valence-electron chi connectivity index (χ2n) is 7.16. The average molecular weight is 573 g/mol. The van der Waals surface area contributed by atoms with Crippen molar-refractivity contribution >= 4 is 84.5 Å². The van der Waals surface area contributed by atoms with Gasteiger partial charge in [-0.1, -0.05) is 57.3 Å². The molecule has 0 atom stereocenters. The summed E-state index contributed by atoms with van der Waals surface area (Å²) in [5.74, 6) is -0.794. The van der Waals surface area contributed by atoms with Crippen LogP contribution in [0, 0.1) is 0 Å². The lowest BCUT2D eigenvalue weighted by atomic mass is 10.1. The molecule has 9 heteroatoms. The molecular weight excluding hydrogens is 561 g/mol. The fraction of sp³-hybridized carbons (Fsp3) is 0. The molecule has 0 bridgehead atoms. The fourth-order valence-electron chi connectivity index (χ4n) is 3.29.